The van der Waals surface area contributed by atoms with Crippen LogP contribution in [0.2, 0.25) is 0 Å². The molecule has 2 atom stereocenters. The molecule has 1 aliphatic heterocycles. The predicted octanol–water partition coefficient (Wildman–Crippen LogP) is 2.77. The van der Waals surface area contributed by atoms with Crippen molar-refractivity contribution in [3.8, 4) is 0 Å². The Morgan fingerprint density at radius 2 is 1.85 bits per heavy atom. The number of carboxylic acid groups (broad SMARTS) is 1. The van der Waals surface area contributed by atoms with Crippen molar-refractivity contribution < 1.29 is 19.5 Å². The number of likely N-dealkylation sites (tertiary alicyclic amines) is 1. The van der Waals surface area contributed by atoms with Crippen molar-refractivity contribution >= 4 is 23.6 Å². The average Bonchev–Trinajstić information content (AvgIpc) is 3.45. The van der Waals surface area contributed by atoms with E-state index in [2.05, 4.69) is 5.32 Å². The Labute approximate surface area is 159 Å². The Balaban J connectivity index is 1.58. The second-order valence-electron chi connectivity index (χ2n) is 7.79. The number of hydrogen-bond donors (Lipinski definition) is 2. The fourth-order valence-electron chi connectivity index (χ4n) is 3.67. The number of carboxylic acids is 1. The van der Waals surface area contributed by atoms with Crippen LogP contribution in [0, 0.1) is 11.8 Å². The molecule has 2 aliphatic rings. The van der Waals surface area contributed by atoms with Gasteiger partial charge in [0.05, 0.1) is 5.92 Å². The van der Waals surface area contributed by atoms with Crippen LogP contribution in [-0.4, -0.2) is 51.9 Å². The number of benzene rings is 1. The van der Waals surface area contributed by atoms with Crippen molar-refractivity contribution in [3.63, 3.8) is 0 Å². The molecule has 0 radical (unpaired) electrons. The van der Waals surface area contributed by atoms with Gasteiger partial charge in [-0.1, -0.05) is 19.1 Å². The lowest BCUT2D eigenvalue weighted by Crippen LogP contribution is -2.47. The standard InChI is InChI=1S/C20H27N3O4/c1-13-9-16(19(25)26)12-22(10-13)20(27)21-17-5-3-15(4-6-17)11-23(14(2)24)18-7-8-18/h3-6,13,16,18H,7-12H2,1-2H3,(H,21,27)(H,25,26). The zero-order valence-corrected chi connectivity index (χ0v) is 15.9. The second-order valence-corrected chi connectivity index (χ2v) is 7.79. The van der Waals surface area contributed by atoms with E-state index in [0.29, 0.717) is 31.2 Å². The van der Waals surface area contributed by atoms with Crippen molar-refractivity contribution in [1.82, 2.24) is 9.80 Å². The molecule has 3 rings (SSSR count). The number of nitrogens with one attached hydrogen (secondary N) is 1. The maximum Gasteiger partial charge on any atom is 0.321 e. The molecule has 7 heteroatoms. The lowest BCUT2D eigenvalue weighted by Gasteiger charge is -2.34. The Morgan fingerprint density at radius 1 is 1.19 bits per heavy atom. The molecule has 2 fully saturated rings. The number of carbonyl (C=O) groups is 3. The second kappa shape index (κ2) is 7.98. The molecule has 0 spiro atoms. The van der Waals surface area contributed by atoms with Crippen molar-refractivity contribution in [3.05, 3.63) is 29.8 Å². The zero-order chi connectivity index (χ0) is 19.6. The largest absolute Gasteiger partial charge is 0.481 e. The Kier molecular flexibility index (Phi) is 5.68. The van der Waals surface area contributed by atoms with E-state index in [1.165, 1.54) is 0 Å². The molecule has 1 aliphatic carbocycles. The smallest absolute Gasteiger partial charge is 0.321 e. The van der Waals surface area contributed by atoms with Crippen molar-refractivity contribution in [1.29, 1.82) is 0 Å². The number of anilines is 1. The first kappa shape index (κ1) is 19.2. The van der Waals surface area contributed by atoms with Crippen LogP contribution in [0.15, 0.2) is 24.3 Å². The van der Waals surface area contributed by atoms with Gasteiger partial charge in [0, 0.05) is 38.3 Å². The molecule has 7 nitrogen and oxygen atoms in total. The maximum absolute atomic E-state index is 12.5. The van der Waals surface area contributed by atoms with Crippen LogP contribution in [0.25, 0.3) is 0 Å². The summed E-state index contributed by atoms with van der Waals surface area (Å²) in [5.74, 6) is -1.12. The number of nitrogens with zero attached hydrogens (tertiary/aromatic N) is 2. The molecule has 27 heavy (non-hydrogen) atoms. The van der Waals surface area contributed by atoms with E-state index in [0.717, 1.165) is 18.4 Å². The lowest BCUT2D eigenvalue weighted by molar-refractivity contribution is -0.143. The lowest BCUT2D eigenvalue weighted by atomic mass is 9.91. The summed E-state index contributed by atoms with van der Waals surface area (Å²) in [7, 11) is 0. The first-order valence-corrected chi connectivity index (χ1v) is 9.48. The molecule has 2 N–H and O–H groups in total. The van der Waals surface area contributed by atoms with Gasteiger partial charge in [0.15, 0.2) is 0 Å². The number of piperidine rings is 1. The molecular formula is C20H27N3O4. The first-order valence-electron chi connectivity index (χ1n) is 9.48. The van der Waals surface area contributed by atoms with Crippen LogP contribution in [0.1, 0.15) is 38.7 Å². The molecule has 0 bridgehead atoms. The average molecular weight is 373 g/mol. The minimum atomic E-state index is -0.852. The number of rotatable bonds is 5. The number of carbonyl (C=O) groups excluding carboxylic acids is 2. The van der Waals surface area contributed by atoms with Gasteiger partial charge in [-0.05, 0) is 42.9 Å². The molecule has 1 saturated heterocycles. The van der Waals surface area contributed by atoms with E-state index in [1.54, 1.807) is 11.8 Å². The predicted molar refractivity (Wildman–Crippen MR) is 101 cm³/mol. The van der Waals surface area contributed by atoms with Crippen LogP contribution < -0.4 is 5.32 Å². The van der Waals surface area contributed by atoms with Gasteiger partial charge in [0.2, 0.25) is 5.91 Å². The topological polar surface area (TPSA) is 90.0 Å². The molecule has 1 saturated carbocycles. The van der Waals surface area contributed by atoms with Crippen LogP contribution in [0.4, 0.5) is 10.5 Å². The van der Waals surface area contributed by atoms with Gasteiger partial charge in [0.25, 0.3) is 0 Å². The highest BCUT2D eigenvalue weighted by Gasteiger charge is 2.32. The van der Waals surface area contributed by atoms with Crippen molar-refractivity contribution in [2.75, 3.05) is 18.4 Å². The van der Waals surface area contributed by atoms with Crippen LogP contribution >= 0.6 is 0 Å². The summed E-state index contributed by atoms with van der Waals surface area (Å²) in [5.41, 5.74) is 1.68. The monoisotopic (exact) mass is 373 g/mol. The number of amides is 3. The number of aliphatic carboxylic acids is 1. The van der Waals surface area contributed by atoms with Gasteiger partial charge < -0.3 is 20.2 Å². The molecule has 3 amide bonds. The summed E-state index contributed by atoms with van der Waals surface area (Å²) in [5, 5.41) is 12.1. The highest BCUT2D eigenvalue weighted by molar-refractivity contribution is 5.89. The highest BCUT2D eigenvalue weighted by Crippen LogP contribution is 2.28. The van der Waals surface area contributed by atoms with E-state index in [-0.39, 0.29) is 24.4 Å². The molecule has 1 aromatic rings. The molecule has 146 valence electrons. The van der Waals surface area contributed by atoms with E-state index >= 15 is 0 Å². The Morgan fingerprint density at radius 3 is 2.41 bits per heavy atom. The summed E-state index contributed by atoms with van der Waals surface area (Å²) in [6.07, 6.45) is 2.74. The van der Waals surface area contributed by atoms with E-state index in [9.17, 15) is 19.5 Å². The third-order valence-electron chi connectivity index (χ3n) is 5.25. The van der Waals surface area contributed by atoms with Gasteiger partial charge >= 0.3 is 12.0 Å². The summed E-state index contributed by atoms with van der Waals surface area (Å²) in [6, 6.07) is 7.55. The van der Waals surface area contributed by atoms with E-state index in [1.807, 2.05) is 36.1 Å². The normalized spacial score (nSPS) is 22.2. The van der Waals surface area contributed by atoms with Gasteiger partial charge in [-0.3, -0.25) is 9.59 Å². The van der Waals surface area contributed by atoms with Crippen LogP contribution in [0.5, 0.6) is 0 Å². The molecule has 2 unspecified atom stereocenters. The van der Waals surface area contributed by atoms with Gasteiger partial charge in [-0.15, -0.1) is 0 Å². The summed E-state index contributed by atoms with van der Waals surface area (Å²) in [4.78, 5) is 39.0. The Hall–Kier alpha value is -2.57. The summed E-state index contributed by atoms with van der Waals surface area (Å²) >= 11 is 0. The number of hydrogen-bond acceptors (Lipinski definition) is 3. The fraction of sp³-hybridized carbons (Fsp3) is 0.550. The van der Waals surface area contributed by atoms with Gasteiger partial charge in [-0.25, -0.2) is 4.79 Å². The van der Waals surface area contributed by atoms with Crippen molar-refractivity contribution in [2.24, 2.45) is 11.8 Å². The third-order valence-corrected chi connectivity index (χ3v) is 5.25. The highest BCUT2D eigenvalue weighted by atomic mass is 16.4. The van der Waals surface area contributed by atoms with E-state index < -0.39 is 11.9 Å². The first-order chi connectivity index (χ1) is 12.8. The minimum absolute atomic E-state index is 0.0853. The van der Waals surface area contributed by atoms with Crippen LogP contribution in [0.3, 0.4) is 0 Å². The van der Waals surface area contributed by atoms with Crippen LogP contribution in [-0.2, 0) is 16.1 Å². The summed E-state index contributed by atoms with van der Waals surface area (Å²) in [6.45, 7) is 4.93. The minimum Gasteiger partial charge on any atom is -0.481 e. The fourth-order valence-corrected chi connectivity index (χ4v) is 3.67. The SMILES string of the molecule is CC(=O)N(Cc1ccc(NC(=O)N2CC(C)CC(C(=O)O)C2)cc1)C1CC1. The number of urea groups is 1. The van der Waals surface area contributed by atoms with E-state index in [4.69, 9.17) is 0 Å². The maximum atomic E-state index is 12.5. The molecule has 0 aromatic heterocycles. The Bertz CT molecular complexity index is 714. The third kappa shape index (κ3) is 4.99. The van der Waals surface area contributed by atoms with Crippen molar-refractivity contribution in [2.45, 2.75) is 45.7 Å². The molecule has 1 aromatic carbocycles. The van der Waals surface area contributed by atoms with Gasteiger partial charge in [-0.2, -0.15) is 0 Å². The zero-order valence-electron chi connectivity index (χ0n) is 15.9. The van der Waals surface area contributed by atoms with Gasteiger partial charge in [0.1, 0.15) is 0 Å². The molecule has 1 heterocycles. The quantitative estimate of drug-likeness (QED) is 0.830. The molecular weight excluding hydrogens is 346 g/mol. The summed E-state index contributed by atoms with van der Waals surface area (Å²) < 4.78 is 0.